The highest BCUT2D eigenvalue weighted by molar-refractivity contribution is 7.89. The molecule has 1 aromatic rings. The molecule has 1 unspecified atom stereocenters. The summed E-state index contributed by atoms with van der Waals surface area (Å²) in [6.45, 7) is 0.803. The first-order valence-electron chi connectivity index (χ1n) is 5.69. The van der Waals surface area contributed by atoms with Crippen molar-refractivity contribution < 1.29 is 27.2 Å². The Morgan fingerprint density at radius 1 is 1.63 bits per heavy atom. The van der Waals surface area contributed by atoms with Crippen molar-refractivity contribution in [1.29, 1.82) is 0 Å². The highest BCUT2D eigenvalue weighted by Gasteiger charge is 2.25. The molecule has 9 heteroatoms. The second-order valence-electron chi connectivity index (χ2n) is 4.01. The zero-order chi connectivity index (χ0) is 13.9. The van der Waals surface area contributed by atoms with E-state index in [1.54, 1.807) is 0 Å². The predicted octanol–water partition coefficient (Wildman–Crippen LogP) is -0.0815. The molecule has 0 saturated carbocycles. The highest BCUT2D eigenvalue weighted by atomic mass is 32.2. The SMILES string of the molecule is COC(=O)c1cc(S(=O)(=O)NCC2CCCO2)on1. The fourth-order valence-electron chi connectivity index (χ4n) is 1.67. The minimum absolute atomic E-state index is 0.127. The van der Waals surface area contributed by atoms with Crippen LogP contribution in [0, 0.1) is 0 Å². The molecule has 0 radical (unpaired) electrons. The van der Waals surface area contributed by atoms with E-state index in [2.05, 4.69) is 19.1 Å². The van der Waals surface area contributed by atoms with Crippen molar-refractivity contribution in [3.63, 3.8) is 0 Å². The lowest BCUT2D eigenvalue weighted by Gasteiger charge is -2.09. The Morgan fingerprint density at radius 2 is 2.42 bits per heavy atom. The molecule has 0 spiro atoms. The fraction of sp³-hybridized carbons (Fsp3) is 0.600. The van der Waals surface area contributed by atoms with Crippen LogP contribution in [-0.4, -0.2) is 45.9 Å². The maximum absolute atomic E-state index is 11.9. The molecular formula is C10H14N2O6S. The normalized spacial score (nSPS) is 19.5. The Morgan fingerprint density at radius 3 is 3.05 bits per heavy atom. The summed E-state index contributed by atoms with van der Waals surface area (Å²) in [5.74, 6) is -0.760. The number of hydrogen-bond donors (Lipinski definition) is 1. The molecule has 2 rings (SSSR count). The van der Waals surface area contributed by atoms with Gasteiger partial charge in [0.05, 0.1) is 13.2 Å². The van der Waals surface area contributed by atoms with Gasteiger partial charge in [-0.2, -0.15) is 0 Å². The minimum Gasteiger partial charge on any atom is -0.464 e. The fourth-order valence-corrected chi connectivity index (χ4v) is 2.61. The molecule has 0 aromatic carbocycles. The van der Waals surface area contributed by atoms with E-state index < -0.39 is 21.1 Å². The smallest absolute Gasteiger partial charge is 0.360 e. The third kappa shape index (κ3) is 3.31. The number of methoxy groups -OCH3 is 1. The van der Waals surface area contributed by atoms with Gasteiger partial charge in [0.25, 0.3) is 15.1 Å². The van der Waals surface area contributed by atoms with E-state index in [1.165, 1.54) is 7.11 Å². The lowest BCUT2D eigenvalue weighted by Crippen LogP contribution is -2.31. The summed E-state index contributed by atoms with van der Waals surface area (Å²) < 4.78 is 40.4. The van der Waals surface area contributed by atoms with Gasteiger partial charge < -0.3 is 14.0 Å². The Kier molecular flexibility index (Phi) is 4.17. The van der Waals surface area contributed by atoms with E-state index in [4.69, 9.17) is 4.74 Å². The van der Waals surface area contributed by atoms with Gasteiger partial charge >= 0.3 is 5.97 Å². The molecule has 1 fully saturated rings. The van der Waals surface area contributed by atoms with Gasteiger partial charge in [0.15, 0.2) is 5.69 Å². The van der Waals surface area contributed by atoms with Gasteiger partial charge in [-0.3, -0.25) is 0 Å². The van der Waals surface area contributed by atoms with Gasteiger partial charge in [-0.15, -0.1) is 0 Å². The topological polar surface area (TPSA) is 108 Å². The molecule has 1 aliphatic heterocycles. The van der Waals surface area contributed by atoms with Crippen LogP contribution in [0.15, 0.2) is 15.7 Å². The number of nitrogens with zero attached hydrogens (tertiary/aromatic N) is 1. The molecule has 8 nitrogen and oxygen atoms in total. The Hall–Kier alpha value is -1.45. The van der Waals surface area contributed by atoms with Crippen LogP contribution in [0.3, 0.4) is 0 Å². The first kappa shape index (κ1) is 14.0. The minimum atomic E-state index is -3.84. The van der Waals surface area contributed by atoms with E-state index in [9.17, 15) is 13.2 Å². The number of carbonyl (C=O) groups is 1. The van der Waals surface area contributed by atoms with Gasteiger partial charge in [0.1, 0.15) is 0 Å². The quantitative estimate of drug-likeness (QED) is 0.755. The van der Waals surface area contributed by atoms with E-state index in [0.29, 0.717) is 6.61 Å². The molecule has 1 aromatic heterocycles. The second-order valence-corrected chi connectivity index (χ2v) is 5.71. The lowest BCUT2D eigenvalue weighted by molar-refractivity contribution is 0.0588. The van der Waals surface area contributed by atoms with Crippen LogP contribution in [0.4, 0.5) is 0 Å². The number of ether oxygens (including phenoxy) is 2. The average Bonchev–Trinajstić information content (AvgIpc) is 3.06. The summed E-state index contributed by atoms with van der Waals surface area (Å²) in [5, 5.41) is 2.91. The number of esters is 1. The number of hydrogen-bond acceptors (Lipinski definition) is 7. The lowest BCUT2D eigenvalue weighted by atomic mass is 10.2. The van der Waals surface area contributed by atoms with Crippen molar-refractivity contribution >= 4 is 16.0 Å². The Bertz CT molecular complexity index is 546. The number of aromatic nitrogens is 1. The molecule has 0 amide bonds. The van der Waals surface area contributed by atoms with Gasteiger partial charge in [-0.05, 0) is 12.8 Å². The molecule has 106 valence electrons. The summed E-state index contributed by atoms with van der Waals surface area (Å²) in [6.07, 6.45) is 1.60. The number of carbonyl (C=O) groups excluding carboxylic acids is 1. The zero-order valence-electron chi connectivity index (χ0n) is 10.3. The van der Waals surface area contributed by atoms with Crippen LogP contribution >= 0.6 is 0 Å². The maximum atomic E-state index is 11.9. The molecule has 1 atom stereocenters. The van der Waals surface area contributed by atoms with E-state index in [0.717, 1.165) is 18.9 Å². The number of sulfonamides is 1. The van der Waals surface area contributed by atoms with E-state index >= 15 is 0 Å². The van der Waals surface area contributed by atoms with Crippen molar-refractivity contribution in [1.82, 2.24) is 9.88 Å². The van der Waals surface area contributed by atoms with Gasteiger partial charge in [-0.25, -0.2) is 17.9 Å². The molecule has 1 saturated heterocycles. The average molecular weight is 290 g/mol. The van der Waals surface area contributed by atoms with Crippen molar-refractivity contribution in [3.05, 3.63) is 11.8 Å². The summed E-state index contributed by atoms with van der Waals surface area (Å²) >= 11 is 0. The first-order valence-corrected chi connectivity index (χ1v) is 7.17. The van der Waals surface area contributed by atoms with E-state index in [1.807, 2.05) is 0 Å². The van der Waals surface area contributed by atoms with Crippen LogP contribution in [-0.2, 0) is 19.5 Å². The summed E-state index contributed by atoms with van der Waals surface area (Å²) in [6, 6.07) is 1.02. The molecule has 2 heterocycles. The van der Waals surface area contributed by atoms with Gasteiger partial charge in [0.2, 0.25) is 0 Å². The maximum Gasteiger partial charge on any atom is 0.360 e. The largest absolute Gasteiger partial charge is 0.464 e. The standard InChI is InChI=1S/C10H14N2O6S/c1-16-10(13)8-5-9(18-12-8)19(14,15)11-6-7-3-2-4-17-7/h5,7,11H,2-4,6H2,1H3. The van der Waals surface area contributed by atoms with Crippen LogP contribution < -0.4 is 4.72 Å². The molecule has 0 aliphatic carbocycles. The monoisotopic (exact) mass is 290 g/mol. The van der Waals surface area contributed by atoms with Crippen LogP contribution in [0.5, 0.6) is 0 Å². The third-order valence-electron chi connectivity index (χ3n) is 2.67. The van der Waals surface area contributed by atoms with E-state index in [-0.39, 0.29) is 18.3 Å². The Labute approximate surface area is 110 Å². The number of rotatable bonds is 5. The van der Waals surface area contributed by atoms with Gasteiger partial charge in [-0.1, -0.05) is 5.16 Å². The molecule has 1 aliphatic rings. The second kappa shape index (κ2) is 5.68. The third-order valence-corrected chi connectivity index (χ3v) is 3.94. The summed E-state index contributed by atoms with van der Waals surface area (Å²) in [4.78, 5) is 11.1. The van der Waals surface area contributed by atoms with Crippen molar-refractivity contribution in [2.24, 2.45) is 0 Å². The zero-order valence-corrected chi connectivity index (χ0v) is 11.1. The van der Waals surface area contributed by atoms with Crippen LogP contribution in [0.25, 0.3) is 0 Å². The molecule has 0 bridgehead atoms. The van der Waals surface area contributed by atoms with Crippen molar-refractivity contribution in [3.8, 4) is 0 Å². The highest BCUT2D eigenvalue weighted by Crippen LogP contribution is 2.14. The summed E-state index contributed by atoms with van der Waals surface area (Å²) in [5.41, 5.74) is -0.194. The van der Waals surface area contributed by atoms with Gasteiger partial charge in [0, 0.05) is 19.2 Å². The predicted molar refractivity (Wildman–Crippen MR) is 62.0 cm³/mol. The molecule has 1 N–H and O–H groups in total. The van der Waals surface area contributed by atoms with Crippen LogP contribution in [0.1, 0.15) is 23.3 Å². The molecule has 19 heavy (non-hydrogen) atoms. The van der Waals surface area contributed by atoms with Crippen LogP contribution in [0.2, 0.25) is 0 Å². The Balaban J connectivity index is 2.02. The summed E-state index contributed by atoms with van der Waals surface area (Å²) in [7, 11) is -2.67. The molecular weight excluding hydrogens is 276 g/mol. The number of nitrogens with one attached hydrogen (secondary N) is 1. The van der Waals surface area contributed by atoms with Crippen molar-refractivity contribution in [2.75, 3.05) is 20.3 Å². The first-order chi connectivity index (χ1) is 9.03. The van der Waals surface area contributed by atoms with Crippen molar-refractivity contribution in [2.45, 2.75) is 24.0 Å².